The highest BCUT2D eigenvalue weighted by Crippen LogP contribution is 2.28. The molecule has 3 heterocycles. The third kappa shape index (κ3) is 4.42. The fourth-order valence-corrected chi connectivity index (χ4v) is 2.70. The van der Waals surface area contributed by atoms with E-state index in [1.54, 1.807) is 35.6 Å². The van der Waals surface area contributed by atoms with Crippen molar-refractivity contribution in [3.8, 4) is 17.1 Å². The molecule has 0 bridgehead atoms. The van der Waals surface area contributed by atoms with E-state index < -0.39 is 11.9 Å². The summed E-state index contributed by atoms with van der Waals surface area (Å²) in [7, 11) is 0. The van der Waals surface area contributed by atoms with Crippen LogP contribution in [0.15, 0.2) is 60.1 Å². The van der Waals surface area contributed by atoms with Gasteiger partial charge < -0.3 is 4.74 Å². The predicted molar refractivity (Wildman–Crippen MR) is 97.3 cm³/mol. The van der Waals surface area contributed by atoms with Gasteiger partial charge in [-0.15, -0.1) is 0 Å². The maximum atomic E-state index is 12.7. The number of rotatable bonds is 5. The Hall–Kier alpha value is -3.69. The molecule has 4 rings (SSSR count). The first-order chi connectivity index (χ1) is 14.0. The van der Waals surface area contributed by atoms with Crippen LogP contribution in [0, 0.1) is 0 Å². The van der Waals surface area contributed by atoms with Crippen LogP contribution in [0.3, 0.4) is 0 Å². The van der Waals surface area contributed by atoms with Crippen LogP contribution in [0.5, 0.6) is 6.01 Å². The van der Waals surface area contributed by atoms with E-state index in [0.29, 0.717) is 24.7 Å². The van der Waals surface area contributed by atoms with Gasteiger partial charge in [-0.3, -0.25) is 9.99 Å². The first-order valence-corrected chi connectivity index (χ1v) is 8.64. The molecule has 3 aromatic rings. The minimum absolute atomic E-state index is 0.291. The molecule has 1 N–H and O–H groups in total. The Morgan fingerprint density at radius 2 is 1.79 bits per heavy atom. The molecule has 0 amide bonds. The number of hydrogen-bond donors (Lipinski definition) is 1. The minimum Gasteiger partial charge on any atom is -0.461 e. The van der Waals surface area contributed by atoms with Gasteiger partial charge in [0.05, 0.1) is 11.9 Å². The standard InChI is InChI=1S/C19H15F3N6O/c20-19(21,22)17-5-3-14(11-25-17)13-2-4-16-15(10-13)12-28(27-26-16)8-9-29-18-23-6-1-7-24-18/h1-7,10-12,27H,8-9H2. The van der Waals surface area contributed by atoms with E-state index in [9.17, 15) is 13.2 Å². The third-order valence-corrected chi connectivity index (χ3v) is 4.11. The smallest absolute Gasteiger partial charge is 0.433 e. The number of ether oxygens (including phenoxy) is 1. The number of halogens is 3. The molecular formula is C19H15F3N6O. The van der Waals surface area contributed by atoms with E-state index in [2.05, 4.69) is 25.6 Å². The number of fused-ring (bicyclic) bond motifs is 1. The lowest BCUT2D eigenvalue weighted by atomic mass is 10.1. The summed E-state index contributed by atoms with van der Waals surface area (Å²) in [5.74, 6) is 0. The molecule has 7 nitrogen and oxygen atoms in total. The zero-order valence-electron chi connectivity index (χ0n) is 15.0. The normalized spacial score (nSPS) is 13.0. The number of nitrogens with zero attached hydrogens (tertiary/aromatic N) is 5. The molecule has 1 aliphatic rings. The van der Waals surface area contributed by atoms with Gasteiger partial charge in [-0.25, -0.2) is 15.5 Å². The summed E-state index contributed by atoms with van der Waals surface area (Å²) < 4.78 is 43.5. The average Bonchev–Trinajstić information content (AvgIpc) is 2.73. The van der Waals surface area contributed by atoms with E-state index in [1.165, 1.54) is 12.3 Å². The number of alkyl halides is 3. The van der Waals surface area contributed by atoms with Gasteiger partial charge in [0.1, 0.15) is 12.3 Å². The van der Waals surface area contributed by atoms with Crippen LogP contribution in [0.4, 0.5) is 13.2 Å². The molecule has 0 unspecified atom stereocenters. The third-order valence-electron chi connectivity index (χ3n) is 4.11. The highest BCUT2D eigenvalue weighted by atomic mass is 19.4. The van der Waals surface area contributed by atoms with E-state index in [-0.39, 0.29) is 0 Å². The zero-order chi connectivity index (χ0) is 20.3. The molecule has 148 valence electrons. The largest absolute Gasteiger partial charge is 0.461 e. The highest BCUT2D eigenvalue weighted by Gasteiger charge is 2.32. The van der Waals surface area contributed by atoms with Crippen molar-refractivity contribution in [2.75, 3.05) is 13.2 Å². The first-order valence-electron chi connectivity index (χ1n) is 8.64. The number of hydrogen-bond acceptors (Lipinski definition) is 7. The number of pyridine rings is 1. The van der Waals surface area contributed by atoms with Gasteiger partial charge in [-0.05, 0) is 29.8 Å². The van der Waals surface area contributed by atoms with E-state index in [0.717, 1.165) is 22.2 Å². The maximum Gasteiger partial charge on any atom is 0.433 e. The quantitative estimate of drug-likeness (QED) is 0.703. The van der Waals surface area contributed by atoms with Crippen molar-refractivity contribution in [1.82, 2.24) is 25.5 Å². The van der Waals surface area contributed by atoms with Crippen molar-refractivity contribution in [2.24, 2.45) is 5.10 Å². The van der Waals surface area contributed by atoms with Crippen LogP contribution in [-0.4, -0.2) is 33.1 Å². The van der Waals surface area contributed by atoms with Crippen LogP contribution < -0.4 is 20.8 Å². The molecule has 0 fully saturated rings. The Balaban J connectivity index is 1.49. The molecule has 0 saturated heterocycles. The molecule has 0 spiro atoms. The first kappa shape index (κ1) is 18.7. The van der Waals surface area contributed by atoms with E-state index in [1.807, 2.05) is 12.3 Å². The van der Waals surface area contributed by atoms with Gasteiger partial charge in [0.2, 0.25) is 0 Å². The lowest BCUT2D eigenvalue weighted by Crippen LogP contribution is -2.44. The Kier molecular flexibility index (Phi) is 4.98. The van der Waals surface area contributed by atoms with E-state index in [4.69, 9.17) is 4.74 Å². The maximum absolute atomic E-state index is 12.7. The summed E-state index contributed by atoms with van der Waals surface area (Å²) in [6.45, 7) is 0.814. The lowest BCUT2D eigenvalue weighted by molar-refractivity contribution is -0.141. The van der Waals surface area contributed by atoms with Gasteiger partial charge in [0, 0.05) is 35.6 Å². The molecule has 0 saturated carbocycles. The second-order valence-electron chi connectivity index (χ2n) is 6.12. The molecule has 1 aliphatic heterocycles. The van der Waals surface area contributed by atoms with Crippen LogP contribution in [0.1, 0.15) is 5.69 Å². The topological polar surface area (TPSA) is 75.5 Å². The number of hydrazine groups is 1. The second-order valence-corrected chi connectivity index (χ2v) is 6.12. The van der Waals surface area contributed by atoms with Gasteiger partial charge in [-0.2, -0.15) is 18.3 Å². The fourth-order valence-electron chi connectivity index (χ4n) is 2.70. The van der Waals surface area contributed by atoms with Gasteiger partial charge in [0.15, 0.2) is 0 Å². The van der Waals surface area contributed by atoms with Crippen LogP contribution in [0.25, 0.3) is 17.3 Å². The average molecular weight is 400 g/mol. The molecule has 29 heavy (non-hydrogen) atoms. The Labute approximate surface area is 163 Å². The van der Waals surface area contributed by atoms with Crippen molar-refractivity contribution in [3.63, 3.8) is 0 Å². The highest BCUT2D eigenvalue weighted by molar-refractivity contribution is 5.62. The summed E-state index contributed by atoms with van der Waals surface area (Å²) in [6.07, 6.45) is 1.79. The fraction of sp³-hybridized carbons (Fsp3) is 0.158. The Morgan fingerprint density at radius 1 is 1.00 bits per heavy atom. The van der Waals surface area contributed by atoms with E-state index >= 15 is 0 Å². The second kappa shape index (κ2) is 7.74. The summed E-state index contributed by atoms with van der Waals surface area (Å²) in [5, 5.41) is 7.55. The van der Waals surface area contributed by atoms with Gasteiger partial charge in [-0.1, -0.05) is 12.1 Å². The number of benzene rings is 1. The van der Waals surface area contributed by atoms with Crippen LogP contribution in [-0.2, 0) is 6.18 Å². The molecule has 2 aromatic heterocycles. The lowest BCUT2D eigenvalue weighted by Gasteiger charge is -2.21. The van der Waals surface area contributed by atoms with Crippen molar-refractivity contribution >= 4 is 6.20 Å². The van der Waals surface area contributed by atoms with Crippen molar-refractivity contribution in [3.05, 3.63) is 71.3 Å². The molecule has 0 radical (unpaired) electrons. The van der Waals surface area contributed by atoms with Gasteiger partial charge in [0.25, 0.3) is 0 Å². The molecule has 10 heteroatoms. The molecule has 1 aromatic carbocycles. The molecule has 0 atom stereocenters. The predicted octanol–water partition coefficient (Wildman–Crippen LogP) is 1.73. The monoisotopic (exact) mass is 400 g/mol. The Bertz CT molecular complexity index is 1100. The minimum atomic E-state index is -4.46. The number of nitrogens with one attached hydrogen (secondary N) is 1. The summed E-state index contributed by atoms with van der Waals surface area (Å²) >= 11 is 0. The summed E-state index contributed by atoms with van der Waals surface area (Å²) in [5.41, 5.74) is 3.30. The van der Waals surface area contributed by atoms with Crippen molar-refractivity contribution in [1.29, 1.82) is 0 Å². The van der Waals surface area contributed by atoms with Crippen LogP contribution in [0.2, 0.25) is 0 Å². The van der Waals surface area contributed by atoms with Crippen molar-refractivity contribution < 1.29 is 17.9 Å². The van der Waals surface area contributed by atoms with Crippen LogP contribution >= 0.6 is 0 Å². The van der Waals surface area contributed by atoms with Gasteiger partial charge >= 0.3 is 12.2 Å². The SMILES string of the molecule is FC(F)(F)c1ccc(-c2ccc3c(c2)=CN(CCOc2ncccn2)NN=3)cn1. The molecular weight excluding hydrogens is 385 g/mol. The summed E-state index contributed by atoms with van der Waals surface area (Å²) in [4.78, 5) is 11.5. The number of aromatic nitrogens is 3. The van der Waals surface area contributed by atoms with Crippen molar-refractivity contribution in [2.45, 2.75) is 6.18 Å². The summed E-state index contributed by atoms with van der Waals surface area (Å²) in [6, 6.07) is 9.79. The zero-order valence-corrected chi connectivity index (χ0v) is 15.0. The Morgan fingerprint density at radius 3 is 2.52 bits per heavy atom. The molecule has 0 aliphatic carbocycles.